The van der Waals surface area contributed by atoms with Crippen LogP contribution < -0.4 is 5.32 Å². The average Bonchev–Trinajstić information content (AvgIpc) is 3.62. The third-order valence-corrected chi connectivity index (χ3v) is 6.04. The molecule has 1 atom stereocenters. The van der Waals surface area contributed by atoms with Gasteiger partial charge in [0.2, 0.25) is 5.91 Å². The maximum absolute atomic E-state index is 12.3. The second kappa shape index (κ2) is 9.18. The Hall–Kier alpha value is -2.74. The van der Waals surface area contributed by atoms with E-state index in [2.05, 4.69) is 10.2 Å². The van der Waals surface area contributed by atoms with Crippen LogP contribution in [0.5, 0.6) is 0 Å². The van der Waals surface area contributed by atoms with Crippen molar-refractivity contribution in [1.82, 2.24) is 19.8 Å². The molecule has 2 aromatic rings. The number of nitrogens with one attached hydrogen (secondary N) is 1. The van der Waals surface area contributed by atoms with Gasteiger partial charge < -0.3 is 15.0 Å². The lowest BCUT2D eigenvalue weighted by Crippen LogP contribution is -2.48. The molecule has 1 aromatic heterocycles. The minimum absolute atomic E-state index is 0.0432. The number of aromatic nitrogens is 2. The number of nitrogens with zero attached hydrogens (tertiary/aromatic N) is 4. The van der Waals surface area contributed by atoms with Crippen LogP contribution in [-0.2, 0) is 20.9 Å². The van der Waals surface area contributed by atoms with E-state index in [9.17, 15) is 9.59 Å². The fourth-order valence-electron chi connectivity index (χ4n) is 3.99. The van der Waals surface area contributed by atoms with E-state index in [1.165, 1.54) is 7.11 Å². The number of carbonyl (C=O) groups excluding carboxylic acids is 2. The van der Waals surface area contributed by atoms with Gasteiger partial charge in [0.05, 0.1) is 19.2 Å². The first-order valence-electron chi connectivity index (χ1n) is 11.1. The molecule has 2 heterocycles. The number of para-hydroxylation sites is 1. The van der Waals surface area contributed by atoms with Gasteiger partial charge in [0.15, 0.2) is 0 Å². The second-order valence-electron chi connectivity index (χ2n) is 8.77. The van der Waals surface area contributed by atoms with E-state index in [4.69, 9.17) is 14.7 Å². The molecule has 1 aromatic carbocycles. The van der Waals surface area contributed by atoms with E-state index < -0.39 is 6.04 Å². The van der Waals surface area contributed by atoms with Crippen LogP contribution in [0.4, 0.5) is 5.82 Å². The topological polar surface area (TPSA) is 87.7 Å². The van der Waals surface area contributed by atoms with Gasteiger partial charge in [-0.1, -0.05) is 26.0 Å². The van der Waals surface area contributed by atoms with Crippen molar-refractivity contribution in [2.75, 3.05) is 38.6 Å². The van der Waals surface area contributed by atoms with E-state index in [-0.39, 0.29) is 17.8 Å². The van der Waals surface area contributed by atoms with Crippen LogP contribution in [0.2, 0.25) is 0 Å². The quantitative estimate of drug-likeness (QED) is 0.681. The minimum atomic E-state index is -0.492. The lowest BCUT2D eigenvalue weighted by Gasteiger charge is -2.34. The first-order valence-corrected chi connectivity index (χ1v) is 11.1. The molecule has 0 unspecified atom stereocenters. The fraction of sp³-hybridized carbons (Fsp3) is 0.565. The van der Waals surface area contributed by atoms with E-state index in [0.717, 1.165) is 49.9 Å². The molecule has 0 spiro atoms. The van der Waals surface area contributed by atoms with Crippen molar-refractivity contribution >= 4 is 28.6 Å². The Morgan fingerprint density at radius 2 is 1.84 bits per heavy atom. The van der Waals surface area contributed by atoms with Gasteiger partial charge >= 0.3 is 5.97 Å². The molecule has 31 heavy (non-hydrogen) atoms. The molecule has 2 aliphatic rings. The Morgan fingerprint density at radius 1 is 1.13 bits per heavy atom. The van der Waals surface area contributed by atoms with E-state index in [0.29, 0.717) is 24.1 Å². The molecular formula is C23H31N5O3. The van der Waals surface area contributed by atoms with Crippen molar-refractivity contribution in [3.05, 3.63) is 30.1 Å². The second-order valence-corrected chi connectivity index (χ2v) is 8.77. The summed E-state index contributed by atoms with van der Waals surface area (Å²) in [5.41, 5.74) is 0.838. The van der Waals surface area contributed by atoms with Crippen molar-refractivity contribution in [3.63, 3.8) is 0 Å². The third kappa shape index (κ3) is 4.95. The van der Waals surface area contributed by atoms with E-state index >= 15 is 0 Å². The zero-order chi connectivity index (χ0) is 22.0. The molecule has 1 aliphatic carbocycles. The van der Waals surface area contributed by atoms with Crippen LogP contribution in [0.3, 0.4) is 0 Å². The number of benzene rings is 1. The van der Waals surface area contributed by atoms with Gasteiger partial charge in [-0.15, -0.1) is 0 Å². The van der Waals surface area contributed by atoms with Crippen molar-refractivity contribution in [2.24, 2.45) is 11.8 Å². The average molecular weight is 426 g/mol. The molecule has 8 heteroatoms. The monoisotopic (exact) mass is 425 g/mol. The van der Waals surface area contributed by atoms with Crippen molar-refractivity contribution in [3.8, 4) is 0 Å². The van der Waals surface area contributed by atoms with Crippen LogP contribution >= 0.6 is 0 Å². The number of anilines is 1. The molecule has 1 N–H and O–H groups in total. The summed E-state index contributed by atoms with van der Waals surface area (Å²) in [6.45, 7) is 7.69. The highest BCUT2D eigenvalue weighted by Gasteiger charge is 2.34. The van der Waals surface area contributed by atoms with Crippen LogP contribution in [-0.4, -0.2) is 71.0 Å². The number of esters is 1. The molecule has 1 saturated carbocycles. The number of amides is 1. The summed E-state index contributed by atoms with van der Waals surface area (Å²) in [6, 6.07) is 7.31. The number of fused-ring (bicyclic) bond motifs is 1. The molecule has 0 radical (unpaired) electrons. The van der Waals surface area contributed by atoms with Crippen LogP contribution in [0.1, 0.15) is 32.5 Å². The highest BCUT2D eigenvalue weighted by atomic mass is 16.5. The minimum Gasteiger partial charge on any atom is -0.467 e. The highest BCUT2D eigenvalue weighted by molar-refractivity contribution is 5.91. The summed E-state index contributed by atoms with van der Waals surface area (Å²) >= 11 is 0. The van der Waals surface area contributed by atoms with Crippen LogP contribution in [0.25, 0.3) is 10.9 Å². The van der Waals surface area contributed by atoms with Crippen molar-refractivity contribution in [1.29, 1.82) is 0 Å². The Balaban J connectivity index is 1.51. The molecule has 8 nitrogen and oxygen atoms in total. The van der Waals surface area contributed by atoms with Gasteiger partial charge in [0.25, 0.3) is 0 Å². The zero-order valence-electron chi connectivity index (χ0n) is 18.5. The lowest BCUT2D eigenvalue weighted by atomic mass is 10.0. The molecule has 4 rings (SSSR count). The normalized spacial score (nSPS) is 18.3. The van der Waals surface area contributed by atoms with Gasteiger partial charge in [-0.25, -0.2) is 14.8 Å². The van der Waals surface area contributed by atoms with Gasteiger partial charge in [0, 0.05) is 37.5 Å². The number of piperazine rings is 1. The number of rotatable bonds is 7. The largest absolute Gasteiger partial charge is 0.467 e. The number of hydrogen-bond acceptors (Lipinski definition) is 7. The molecule has 166 valence electrons. The third-order valence-electron chi connectivity index (χ3n) is 6.04. The molecule has 1 amide bonds. The Bertz CT molecular complexity index is 951. The van der Waals surface area contributed by atoms with Gasteiger partial charge in [0.1, 0.15) is 17.7 Å². The smallest absolute Gasteiger partial charge is 0.328 e. The van der Waals surface area contributed by atoms with Crippen LogP contribution in [0, 0.1) is 11.8 Å². The maximum Gasteiger partial charge on any atom is 0.328 e. The SMILES string of the molecule is COC(=O)[C@@H](Nc1nc(CN2CCN(C(=O)C3CC3)CC2)nc2ccccc12)C(C)C. The lowest BCUT2D eigenvalue weighted by molar-refractivity contribution is -0.142. The first-order chi connectivity index (χ1) is 15.0. The highest BCUT2D eigenvalue weighted by Crippen LogP contribution is 2.31. The summed E-state index contributed by atoms with van der Waals surface area (Å²) in [4.78, 5) is 38.4. The van der Waals surface area contributed by atoms with E-state index in [1.807, 2.05) is 43.0 Å². The number of hydrogen-bond donors (Lipinski definition) is 1. The summed E-state index contributed by atoms with van der Waals surface area (Å²) in [7, 11) is 1.40. The Labute approximate surface area is 183 Å². The van der Waals surface area contributed by atoms with Gasteiger partial charge in [-0.05, 0) is 30.9 Å². The van der Waals surface area contributed by atoms with Gasteiger partial charge in [-0.2, -0.15) is 0 Å². The summed E-state index contributed by atoms with van der Waals surface area (Å²) in [6.07, 6.45) is 2.09. The number of carbonyl (C=O) groups is 2. The molecular weight excluding hydrogens is 394 g/mol. The molecule has 1 aliphatic heterocycles. The van der Waals surface area contributed by atoms with Crippen molar-refractivity contribution in [2.45, 2.75) is 39.3 Å². The Kier molecular flexibility index (Phi) is 6.36. The van der Waals surface area contributed by atoms with Crippen LogP contribution in [0.15, 0.2) is 24.3 Å². The summed E-state index contributed by atoms with van der Waals surface area (Å²) in [5.74, 6) is 1.67. The number of methoxy groups -OCH3 is 1. The molecule has 0 bridgehead atoms. The zero-order valence-corrected chi connectivity index (χ0v) is 18.5. The Morgan fingerprint density at radius 3 is 2.48 bits per heavy atom. The molecule has 2 fully saturated rings. The first kappa shape index (κ1) is 21.5. The standard InChI is InChI=1S/C23H31N5O3/c1-15(2)20(23(30)31-3)26-21-17-6-4-5-7-18(17)24-19(25-21)14-27-10-12-28(13-11-27)22(29)16-8-9-16/h4-7,15-16,20H,8-14H2,1-3H3,(H,24,25,26)/t20-/m0/s1. The predicted molar refractivity (Wildman–Crippen MR) is 118 cm³/mol. The fourth-order valence-corrected chi connectivity index (χ4v) is 3.99. The van der Waals surface area contributed by atoms with E-state index in [1.54, 1.807) is 0 Å². The molecule has 1 saturated heterocycles. The maximum atomic E-state index is 12.3. The summed E-state index contributed by atoms with van der Waals surface area (Å²) in [5, 5.41) is 4.17. The summed E-state index contributed by atoms with van der Waals surface area (Å²) < 4.78 is 4.97. The van der Waals surface area contributed by atoms with Gasteiger partial charge in [-0.3, -0.25) is 9.69 Å². The number of ether oxygens (including phenoxy) is 1. The van der Waals surface area contributed by atoms with Crippen molar-refractivity contribution < 1.29 is 14.3 Å². The predicted octanol–water partition coefficient (Wildman–Crippen LogP) is 2.29.